The van der Waals surface area contributed by atoms with Crippen molar-refractivity contribution in [2.75, 3.05) is 7.05 Å². The van der Waals surface area contributed by atoms with E-state index in [0.29, 0.717) is 24.3 Å². The van der Waals surface area contributed by atoms with Crippen molar-refractivity contribution in [3.8, 4) is 0 Å². The van der Waals surface area contributed by atoms with E-state index in [4.69, 9.17) is 0 Å². The van der Waals surface area contributed by atoms with Crippen LogP contribution in [-0.4, -0.2) is 34.4 Å². The lowest BCUT2D eigenvalue weighted by Gasteiger charge is -2.19. The molecule has 1 fully saturated rings. The summed E-state index contributed by atoms with van der Waals surface area (Å²) in [7, 11) is 1.92. The molecule has 0 radical (unpaired) electrons. The first kappa shape index (κ1) is 15.2. The van der Waals surface area contributed by atoms with Gasteiger partial charge >= 0.3 is 0 Å². The Kier molecular flexibility index (Phi) is 5.36. The van der Waals surface area contributed by atoms with Gasteiger partial charge in [0.05, 0.1) is 13.5 Å². The lowest BCUT2D eigenvalue weighted by molar-refractivity contribution is -0.681. The van der Waals surface area contributed by atoms with Crippen LogP contribution in [0.4, 0.5) is 0 Å². The largest absolute Gasteiger partial charge is 0.283 e. The fourth-order valence-corrected chi connectivity index (χ4v) is 3.03. The Hall–Kier alpha value is -0.860. The molecule has 1 amide bonds. The highest BCUT2D eigenvalue weighted by Gasteiger charge is 2.43. The van der Waals surface area contributed by atoms with E-state index in [1.54, 1.807) is 0 Å². The van der Waals surface area contributed by atoms with Gasteiger partial charge in [-0.15, -0.1) is 9.69 Å². The summed E-state index contributed by atoms with van der Waals surface area (Å²) in [5.74, 6) is 1.24. The zero-order valence-electron chi connectivity index (χ0n) is 12.9. The smallest absolute Gasteiger partial charge is 0.269 e. The van der Waals surface area contributed by atoms with E-state index in [9.17, 15) is 4.79 Å². The van der Waals surface area contributed by atoms with Gasteiger partial charge in [-0.05, 0) is 6.42 Å². The summed E-state index contributed by atoms with van der Waals surface area (Å²) in [6.45, 7) is 11.1. The van der Waals surface area contributed by atoms with Crippen molar-refractivity contribution in [2.24, 2.45) is 11.8 Å². The number of hydrazone groups is 1. The second-order valence-corrected chi connectivity index (χ2v) is 6.00. The summed E-state index contributed by atoms with van der Waals surface area (Å²) >= 11 is 0. The lowest BCUT2D eigenvalue weighted by Crippen LogP contribution is -2.40. The van der Waals surface area contributed by atoms with E-state index < -0.39 is 0 Å². The van der Waals surface area contributed by atoms with Gasteiger partial charge in [0.15, 0.2) is 11.8 Å². The molecule has 0 saturated carbocycles. The van der Waals surface area contributed by atoms with Gasteiger partial charge in [0.1, 0.15) is 0 Å². The first-order chi connectivity index (χ1) is 8.40. The molecule has 3 heteroatoms. The highest BCUT2D eigenvalue weighted by atomic mass is 16.2. The Labute approximate surface area is 112 Å². The number of hydrogen-bond donors (Lipinski definition) is 0. The molecule has 0 aromatic rings. The maximum Gasteiger partial charge on any atom is 0.283 e. The quantitative estimate of drug-likeness (QED) is 0.691. The number of nitrogens with zero attached hydrogens (tertiary/aromatic N) is 2. The van der Waals surface area contributed by atoms with Crippen molar-refractivity contribution < 1.29 is 9.48 Å². The van der Waals surface area contributed by atoms with Crippen LogP contribution in [0.15, 0.2) is 0 Å². The van der Waals surface area contributed by atoms with Crippen LogP contribution in [0, 0.1) is 11.8 Å². The van der Waals surface area contributed by atoms with Gasteiger partial charge in [-0.3, -0.25) is 4.79 Å². The number of carbonyl (C=O) groups is 1. The molecule has 18 heavy (non-hydrogen) atoms. The molecule has 0 spiro atoms. The highest BCUT2D eigenvalue weighted by Crippen LogP contribution is 2.22. The molecule has 0 bridgehead atoms. The Morgan fingerprint density at radius 3 is 2.33 bits per heavy atom. The van der Waals surface area contributed by atoms with Crippen LogP contribution in [0.2, 0.25) is 0 Å². The summed E-state index contributed by atoms with van der Waals surface area (Å²) in [5.41, 5.74) is 1.39. The highest BCUT2D eigenvalue weighted by molar-refractivity contribution is 5.85. The van der Waals surface area contributed by atoms with Crippen molar-refractivity contribution in [3.05, 3.63) is 0 Å². The van der Waals surface area contributed by atoms with Crippen molar-refractivity contribution in [3.63, 3.8) is 0 Å². The third-order valence-electron chi connectivity index (χ3n) is 3.78. The average Bonchev–Trinajstić information content (AvgIpc) is 2.53. The summed E-state index contributed by atoms with van der Waals surface area (Å²) < 4.78 is 2.29. The Balaban J connectivity index is 3.11. The number of unbranched alkanes of at least 4 members (excludes halogenated alkanes) is 1. The Morgan fingerprint density at radius 2 is 1.89 bits per heavy atom. The summed E-state index contributed by atoms with van der Waals surface area (Å²) in [5, 5.41) is 1.84. The van der Waals surface area contributed by atoms with Gasteiger partial charge in [0.2, 0.25) is 0 Å². The molecule has 1 saturated heterocycles. The number of hydrazine groups is 1. The van der Waals surface area contributed by atoms with Crippen molar-refractivity contribution in [1.29, 1.82) is 0 Å². The molecular weight excluding hydrogens is 224 g/mol. The van der Waals surface area contributed by atoms with Crippen molar-refractivity contribution in [2.45, 2.75) is 66.3 Å². The Bertz CT molecular complexity index is 321. The fourth-order valence-electron chi connectivity index (χ4n) is 3.03. The molecule has 0 aliphatic carbocycles. The minimum absolute atomic E-state index is 0.259. The molecular formula is C15H29N2O+. The van der Waals surface area contributed by atoms with Crippen molar-refractivity contribution in [1.82, 2.24) is 5.01 Å². The molecule has 1 aliphatic heterocycles. The standard InChI is InChI=1S/C15H29N2O/c1-7-8-9-13-10-14(18)16(6)17(13)15(11(2)3)12(4)5/h11-13H,7-10H2,1-6H3/q+1. The summed E-state index contributed by atoms with van der Waals surface area (Å²) in [4.78, 5) is 12.0. The van der Waals surface area contributed by atoms with Gasteiger partial charge in [-0.2, -0.15) is 0 Å². The zero-order chi connectivity index (χ0) is 13.9. The summed E-state index contributed by atoms with van der Waals surface area (Å²) in [6.07, 6.45) is 4.20. The van der Waals surface area contributed by atoms with Crippen LogP contribution in [0.3, 0.4) is 0 Å². The van der Waals surface area contributed by atoms with Gasteiger partial charge in [-0.1, -0.05) is 41.0 Å². The predicted molar refractivity (Wildman–Crippen MR) is 75.6 cm³/mol. The second kappa shape index (κ2) is 6.35. The normalized spacial score (nSPS) is 20.4. The van der Waals surface area contributed by atoms with Crippen LogP contribution in [-0.2, 0) is 4.79 Å². The maximum absolute atomic E-state index is 12.0. The van der Waals surface area contributed by atoms with Gasteiger partial charge in [0, 0.05) is 18.3 Å². The lowest BCUT2D eigenvalue weighted by atomic mass is 9.96. The van der Waals surface area contributed by atoms with Crippen molar-refractivity contribution >= 4 is 11.6 Å². The van der Waals surface area contributed by atoms with E-state index in [-0.39, 0.29) is 5.91 Å². The van der Waals surface area contributed by atoms with E-state index in [1.807, 2.05) is 12.1 Å². The van der Waals surface area contributed by atoms with Crippen LogP contribution in [0.5, 0.6) is 0 Å². The third kappa shape index (κ3) is 3.12. The van der Waals surface area contributed by atoms with E-state index in [1.165, 1.54) is 18.6 Å². The molecule has 1 rings (SSSR count). The topological polar surface area (TPSA) is 23.3 Å². The molecule has 1 atom stereocenters. The SMILES string of the molecule is CCCCC1CC(=O)N(C)[N+]1=C(C(C)C)C(C)C. The van der Waals surface area contributed by atoms with E-state index >= 15 is 0 Å². The van der Waals surface area contributed by atoms with E-state index in [2.05, 4.69) is 39.3 Å². The number of amides is 1. The fraction of sp³-hybridized carbons (Fsp3) is 0.867. The zero-order valence-corrected chi connectivity index (χ0v) is 12.9. The molecule has 1 heterocycles. The Morgan fingerprint density at radius 1 is 1.33 bits per heavy atom. The average molecular weight is 253 g/mol. The van der Waals surface area contributed by atoms with Crippen LogP contribution in [0.25, 0.3) is 0 Å². The minimum atomic E-state index is 0.259. The van der Waals surface area contributed by atoms with Crippen LogP contribution >= 0.6 is 0 Å². The van der Waals surface area contributed by atoms with Gasteiger partial charge < -0.3 is 0 Å². The van der Waals surface area contributed by atoms with E-state index in [0.717, 1.165) is 6.42 Å². The molecule has 104 valence electrons. The van der Waals surface area contributed by atoms with Crippen LogP contribution in [0.1, 0.15) is 60.3 Å². The number of hydrogen-bond acceptors (Lipinski definition) is 1. The molecule has 0 aromatic heterocycles. The predicted octanol–water partition coefficient (Wildman–Crippen LogP) is 3.09. The first-order valence-electron chi connectivity index (χ1n) is 7.32. The maximum atomic E-state index is 12.0. The van der Waals surface area contributed by atoms with Gasteiger partial charge in [0.25, 0.3) is 5.91 Å². The minimum Gasteiger partial charge on any atom is -0.269 e. The number of carbonyl (C=O) groups excluding carboxylic acids is 1. The van der Waals surface area contributed by atoms with Gasteiger partial charge in [-0.25, -0.2) is 0 Å². The molecule has 0 N–H and O–H groups in total. The number of rotatable bonds is 5. The monoisotopic (exact) mass is 253 g/mol. The summed E-state index contributed by atoms with van der Waals surface area (Å²) in [6, 6.07) is 0.377. The molecule has 1 unspecified atom stereocenters. The first-order valence-corrected chi connectivity index (χ1v) is 7.32. The molecule has 0 aromatic carbocycles. The third-order valence-corrected chi connectivity index (χ3v) is 3.78. The molecule has 3 nitrogen and oxygen atoms in total. The van der Waals surface area contributed by atoms with Crippen LogP contribution < -0.4 is 0 Å². The second-order valence-electron chi connectivity index (χ2n) is 6.00. The molecule has 1 aliphatic rings.